The van der Waals surface area contributed by atoms with Gasteiger partial charge in [0.05, 0.1) is 12.3 Å². The molecule has 2 aromatic rings. The Bertz CT molecular complexity index is 771. The highest BCUT2D eigenvalue weighted by Gasteiger charge is 2.57. The van der Waals surface area contributed by atoms with Crippen molar-refractivity contribution in [3.8, 4) is 6.07 Å². The van der Waals surface area contributed by atoms with Crippen LogP contribution >= 0.6 is 0 Å². The van der Waals surface area contributed by atoms with Crippen molar-refractivity contribution < 1.29 is 20.1 Å². The molecule has 2 aromatic heterocycles. The molecule has 10 nitrogen and oxygen atoms in total. The lowest BCUT2D eigenvalue weighted by atomic mass is 9.90. The first-order valence-corrected chi connectivity index (χ1v) is 6.41. The molecule has 0 aliphatic carbocycles. The highest BCUT2D eigenvalue weighted by atomic mass is 16.6. The third-order valence-electron chi connectivity index (χ3n) is 3.73. The molecule has 3 rings (SSSR count). The molecule has 0 bridgehead atoms. The molecule has 0 radical (unpaired) electrons. The Labute approximate surface area is 124 Å². The van der Waals surface area contributed by atoms with Crippen LogP contribution in [0.4, 0.5) is 11.8 Å². The third-order valence-corrected chi connectivity index (χ3v) is 3.73. The van der Waals surface area contributed by atoms with Gasteiger partial charge in [-0.3, -0.25) is 0 Å². The van der Waals surface area contributed by atoms with E-state index in [1.165, 1.54) is 10.6 Å². The van der Waals surface area contributed by atoms with Gasteiger partial charge in [-0.2, -0.15) is 10.2 Å². The van der Waals surface area contributed by atoms with E-state index in [0.717, 1.165) is 0 Å². The number of rotatable bonds is 2. The van der Waals surface area contributed by atoms with Crippen LogP contribution in [0.5, 0.6) is 0 Å². The number of ether oxygens (including phenoxy) is 1. The van der Waals surface area contributed by atoms with Crippen LogP contribution < -0.4 is 11.5 Å². The summed E-state index contributed by atoms with van der Waals surface area (Å²) in [7, 11) is 0. The van der Waals surface area contributed by atoms with E-state index in [4.69, 9.17) is 16.2 Å². The first-order valence-electron chi connectivity index (χ1n) is 6.41. The molecule has 22 heavy (non-hydrogen) atoms. The first kappa shape index (κ1) is 14.5. The van der Waals surface area contributed by atoms with Crippen molar-refractivity contribution in [3.05, 3.63) is 17.8 Å². The van der Waals surface area contributed by atoms with Gasteiger partial charge in [-0.25, -0.2) is 4.52 Å². The van der Waals surface area contributed by atoms with Crippen molar-refractivity contribution in [3.63, 3.8) is 0 Å². The maximum atomic E-state index is 10.4. The van der Waals surface area contributed by atoms with Crippen molar-refractivity contribution in [2.75, 3.05) is 18.1 Å². The molecule has 3 heterocycles. The molecule has 0 saturated carbocycles. The predicted octanol–water partition coefficient (Wildman–Crippen LogP) is -2.06. The fraction of sp³-hybridized carbons (Fsp3) is 0.417. The summed E-state index contributed by atoms with van der Waals surface area (Å²) in [6.45, 7) is -0.551. The van der Waals surface area contributed by atoms with Gasteiger partial charge < -0.3 is 31.5 Å². The fourth-order valence-corrected chi connectivity index (χ4v) is 2.61. The molecule has 10 heteroatoms. The molecular formula is C12H14N6O4. The van der Waals surface area contributed by atoms with Gasteiger partial charge in [-0.15, -0.1) is 5.10 Å². The Morgan fingerprint density at radius 3 is 2.82 bits per heavy atom. The Morgan fingerprint density at radius 2 is 2.18 bits per heavy atom. The van der Waals surface area contributed by atoms with Crippen LogP contribution in [-0.4, -0.2) is 54.3 Å². The van der Waals surface area contributed by atoms with Crippen LogP contribution in [0.2, 0.25) is 0 Å². The number of hydrogen-bond acceptors (Lipinski definition) is 9. The molecule has 7 N–H and O–H groups in total. The van der Waals surface area contributed by atoms with E-state index in [0.29, 0.717) is 5.52 Å². The van der Waals surface area contributed by atoms with E-state index >= 15 is 0 Å². The highest BCUT2D eigenvalue weighted by Crippen LogP contribution is 2.41. The number of fused-ring (bicyclic) bond motifs is 1. The molecular weight excluding hydrogens is 292 g/mol. The van der Waals surface area contributed by atoms with E-state index in [-0.39, 0.29) is 17.5 Å². The third kappa shape index (κ3) is 1.81. The van der Waals surface area contributed by atoms with Gasteiger partial charge in [0.1, 0.15) is 29.9 Å². The molecule has 1 aliphatic rings. The summed E-state index contributed by atoms with van der Waals surface area (Å²) in [6, 6.07) is 4.74. The number of nitriles is 1. The highest BCUT2D eigenvalue weighted by molar-refractivity contribution is 5.67. The van der Waals surface area contributed by atoms with Crippen LogP contribution in [0.3, 0.4) is 0 Å². The number of aliphatic hydroxyl groups is 3. The smallest absolute Gasteiger partial charge is 0.240 e. The van der Waals surface area contributed by atoms with Gasteiger partial charge >= 0.3 is 0 Å². The second-order valence-electron chi connectivity index (χ2n) is 5.03. The number of aromatic nitrogens is 3. The Balaban J connectivity index is 2.17. The minimum absolute atomic E-state index is 0.0970. The number of nitrogens with zero attached hydrogens (tertiary/aromatic N) is 4. The number of anilines is 2. The van der Waals surface area contributed by atoms with Gasteiger partial charge in [0, 0.05) is 0 Å². The normalized spacial score (nSPS) is 31.5. The predicted molar refractivity (Wildman–Crippen MR) is 73.1 cm³/mol. The maximum Gasteiger partial charge on any atom is 0.240 e. The Hall–Kier alpha value is -2.45. The quantitative estimate of drug-likeness (QED) is 0.390. The topological polar surface area (TPSA) is 176 Å². The van der Waals surface area contributed by atoms with Crippen LogP contribution in [0.15, 0.2) is 12.1 Å². The molecule has 1 aliphatic heterocycles. The average molecular weight is 306 g/mol. The van der Waals surface area contributed by atoms with Crippen molar-refractivity contribution in [1.82, 2.24) is 14.6 Å². The summed E-state index contributed by atoms with van der Waals surface area (Å²) in [4.78, 5) is 3.81. The molecule has 0 unspecified atom stereocenters. The van der Waals surface area contributed by atoms with E-state index in [2.05, 4.69) is 10.1 Å². The number of nitrogens with two attached hydrogens (primary N) is 2. The zero-order chi connectivity index (χ0) is 16.1. The summed E-state index contributed by atoms with van der Waals surface area (Å²) in [5, 5.41) is 42.9. The molecule has 1 saturated heterocycles. The Kier molecular flexibility index (Phi) is 3.15. The lowest BCUT2D eigenvalue weighted by Crippen LogP contribution is -2.44. The minimum Gasteiger partial charge on any atom is -0.394 e. The molecule has 0 amide bonds. The lowest BCUT2D eigenvalue weighted by Gasteiger charge is -2.23. The maximum absolute atomic E-state index is 10.4. The average Bonchev–Trinajstić information content (AvgIpc) is 3.00. The van der Waals surface area contributed by atoms with E-state index < -0.39 is 30.5 Å². The van der Waals surface area contributed by atoms with E-state index in [1.807, 2.05) is 0 Å². The number of nitrogen functional groups attached to an aromatic ring is 2. The lowest BCUT2D eigenvalue weighted by molar-refractivity contribution is -0.0378. The molecule has 0 aromatic carbocycles. The van der Waals surface area contributed by atoms with E-state index in [9.17, 15) is 20.6 Å². The van der Waals surface area contributed by atoms with Gasteiger partial charge in [0.2, 0.25) is 11.5 Å². The second-order valence-corrected chi connectivity index (χ2v) is 5.03. The summed E-state index contributed by atoms with van der Waals surface area (Å²) in [6.07, 6.45) is -3.91. The summed E-state index contributed by atoms with van der Waals surface area (Å²) in [5.74, 6) is 0.0247. The van der Waals surface area contributed by atoms with Gasteiger partial charge in [-0.1, -0.05) is 0 Å². The zero-order valence-electron chi connectivity index (χ0n) is 11.3. The number of aliphatic hydroxyl groups excluding tert-OH is 2. The fourth-order valence-electron chi connectivity index (χ4n) is 2.61. The van der Waals surface area contributed by atoms with Gasteiger partial charge in [-0.05, 0) is 12.1 Å². The molecule has 116 valence electrons. The van der Waals surface area contributed by atoms with Gasteiger partial charge in [0.15, 0.2) is 5.82 Å². The van der Waals surface area contributed by atoms with E-state index in [1.54, 1.807) is 12.1 Å². The Morgan fingerprint density at radius 1 is 1.45 bits per heavy atom. The van der Waals surface area contributed by atoms with Crippen LogP contribution in [0, 0.1) is 11.3 Å². The number of hydrogen-bond donors (Lipinski definition) is 5. The largest absolute Gasteiger partial charge is 0.394 e. The monoisotopic (exact) mass is 306 g/mol. The molecule has 4 atom stereocenters. The minimum atomic E-state index is -2.24. The van der Waals surface area contributed by atoms with Crippen LogP contribution in [0.25, 0.3) is 5.52 Å². The molecule has 0 spiro atoms. The zero-order valence-corrected chi connectivity index (χ0v) is 11.3. The van der Waals surface area contributed by atoms with Crippen molar-refractivity contribution in [2.45, 2.75) is 23.9 Å². The standard InChI is InChI=1S/C12H14N6O4/c13-4-12(21)8(20)7(3-19)22-9(12)5-1-2-6-10(14)16-11(15)17-18(5)6/h1-2,7-9,19-21H,3H2,(H4,14,15,16,17)/t7-,8-,9+,12-/m1/s1. The van der Waals surface area contributed by atoms with Crippen molar-refractivity contribution in [2.24, 2.45) is 0 Å². The van der Waals surface area contributed by atoms with Crippen LogP contribution in [-0.2, 0) is 4.74 Å². The van der Waals surface area contributed by atoms with Crippen molar-refractivity contribution >= 4 is 17.3 Å². The SMILES string of the molecule is N#C[C@@]1(O)[C@H](O)[C@@H](CO)O[C@H]1c1ccc2c(N)nc(N)nn12. The van der Waals surface area contributed by atoms with Crippen molar-refractivity contribution in [1.29, 1.82) is 5.26 Å². The summed E-state index contributed by atoms with van der Waals surface area (Å²) < 4.78 is 6.72. The summed E-state index contributed by atoms with van der Waals surface area (Å²) >= 11 is 0. The first-order chi connectivity index (χ1) is 10.4. The molecule has 1 fully saturated rings. The van der Waals surface area contributed by atoms with Crippen LogP contribution in [0.1, 0.15) is 11.8 Å². The van der Waals surface area contributed by atoms with Gasteiger partial charge in [0.25, 0.3) is 0 Å². The second kappa shape index (κ2) is 4.79. The summed E-state index contributed by atoms with van der Waals surface area (Å²) in [5.41, 5.74) is 9.72.